The first-order chi connectivity index (χ1) is 19.3. The van der Waals surface area contributed by atoms with E-state index in [9.17, 15) is 28.8 Å². The summed E-state index contributed by atoms with van der Waals surface area (Å²) in [5.41, 5.74) is 6.43. The Morgan fingerprint density at radius 1 is 0.878 bits per heavy atom. The lowest BCUT2D eigenvalue weighted by Crippen LogP contribution is -2.52. The largest absolute Gasteiger partial charge is 0.369 e. The van der Waals surface area contributed by atoms with Crippen molar-refractivity contribution >= 4 is 45.8 Å². The lowest BCUT2D eigenvalue weighted by molar-refractivity contribution is -0.142. The third kappa shape index (κ3) is 10.6. The maximum Gasteiger partial charge on any atom is 0.289 e. The summed E-state index contributed by atoms with van der Waals surface area (Å²) in [5.74, 6) is -5.11. The molecule has 9 heteroatoms. The first-order valence-electron chi connectivity index (χ1n) is 14.2. The Bertz CT molecular complexity index is 1270. The molecule has 0 radical (unpaired) electrons. The van der Waals surface area contributed by atoms with Gasteiger partial charge in [-0.25, -0.2) is 0 Å². The fourth-order valence-electron chi connectivity index (χ4n) is 4.85. The minimum absolute atomic E-state index is 0.0480. The maximum atomic E-state index is 13.1. The molecule has 2 rings (SSSR count). The lowest BCUT2D eigenvalue weighted by Gasteiger charge is -2.26. The third-order valence-electron chi connectivity index (χ3n) is 7.30. The molecule has 0 aliphatic heterocycles. The van der Waals surface area contributed by atoms with E-state index in [2.05, 4.69) is 10.6 Å². The minimum Gasteiger partial charge on any atom is -0.369 e. The van der Waals surface area contributed by atoms with E-state index < -0.39 is 53.7 Å². The standard InChI is InChI=1S/C32H43N3O6/c1-6-20(4)28(35-31(40)26(13-19(2)3)14-21(5)36)29(38)32(41)34-18-27(37)17-25(30(33)39)16-22-11-12-23-9-7-8-10-24(23)15-22/h7-12,15,19-20,25-26,28H,6,13-14,16-18H2,1-5H3,(H2,33,39)(H,34,41)(H,35,40)/t20-,25+,26+,28?/m0/s1. The summed E-state index contributed by atoms with van der Waals surface area (Å²) < 4.78 is 0. The Kier molecular flexibility index (Phi) is 12.8. The van der Waals surface area contributed by atoms with Crippen molar-refractivity contribution in [2.45, 2.75) is 72.8 Å². The van der Waals surface area contributed by atoms with E-state index in [-0.39, 0.29) is 36.9 Å². The van der Waals surface area contributed by atoms with E-state index >= 15 is 0 Å². The molecule has 0 spiro atoms. The number of ketones is 3. The van der Waals surface area contributed by atoms with Crippen molar-refractivity contribution in [3.05, 3.63) is 48.0 Å². The number of nitrogens with one attached hydrogen (secondary N) is 2. The first kappa shape index (κ1) is 33.3. The van der Waals surface area contributed by atoms with Gasteiger partial charge in [-0.05, 0) is 47.9 Å². The van der Waals surface area contributed by atoms with Gasteiger partial charge in [0.2, 0.25) is 17.6 Å². The number of nitrogens with two attached hydrogens (primary N) is 1. The number of Topliss-reactive ketones (excluding diaryl/α,β-unsaturated/α-hetero) is 3. The Balaban J connectivity index is 2.02. The number of hydrogen-bond donors (Lipinski definition) is 3. The van der Waals surface area contributed by atoms with Gasteiger partial charge in [0.25, 0.3) is 5.91 Å². The quantitative estimate of drug-likeness (QED) is 0.250. The predicted molar refractivity (Wildman–Crippen MR) is 158 cm³/mol. The summed E-state index contributed by atoms with van der Waals surface area (Å²) in [7, 11) is 0. The van der Waals surface area contributed by atoms with Crippen molar-refractivity contribution in [1.82, 2.24) is 10.6 Å². The van der Waals surface area contributed by atoms with Crippen LogP contribution in [0.25, 0.3) is 10.8 Å². The number of carbonyl (C=O) groups is 6. The Morgan fingerprint density at radius 2 is 1.54 bits per heavy atom. The molecule has 9 nitrogen and oxygen atoms in total. The number of carbonyl (C=O) groups excluding carboxylic acids is 6. The zero-order valence-electron chi connectivity index (χ0n) is 24.7. The normalized spacial score (nSPS) is 14.1. The van der Waals surface area contributed by atoms with E-state index in [4.69, 9.17) is 5.73 Å². The van der Waals surface area contributed by atoms with E-state index in [0.29, 0.717) is 12.8 Å². The van der Waals surface area contributed by atoms with Crippen LogP contribution >= 0.6 is 0 Å². The molecule has 0 saturated heterocycles. The molecule has 0 bridgehead atoms. The number of rotatable bonds is 17. The third-order valence-corrected chi connectivity index (χ3v) is 7.30. The fourth-order valence-corrected chi connectivity index (χ4v) is 4.85. The van der Waals surface area contributed by atoms with Crippen LogP contribution in [0.1, 0.15) is 65.9 Å². The van der Waals surface area contributed by atoms with Crippen molar-refractivity contribution in [3.8, 4) is 0 Å². The second kappa shape index (κ2) is 15.8. The Morgan fingerprint density at radius 3 is 2.12 bits per heavy atom. The number of hydrogen-bond acceptors (Lipinski definition) is 6. The molecule has 0 saturated carbocycles. The van der Waals surface area contributed by atoms with Crippen LogP contribution in [0.15, 0.2) is 42.5 Å². The highest BCUT2D eigenvalue weighted by Crippen LogP contribution is 2.20. The van der Waals surface area contributed by atoms with Crippen molar-refractivity contribution < 1.29 is 28.8 Å². The molecule has 3 amide bonds. The predicted octanol–water partition coefficient (Wildman–Crippen LogP) is 3.30. The number of amides is 3. The second-order valence-electron chi connectivity index (χ2n) is 11.4. The van der Waals surface area contributed by atoms with Gasteiger partial charge in [0.05, 0.1) is 12.6 Å². The van der Waals surface area contributed by atoms with Crippen LogP contribution in [-0.2, 0) is 35.2 Å². The molecule has 222 valence electrons. The number of fused-ring (bicyclic) bond motifs is 1. The summed E-state index contributed by atoms with van der Waals surface area (Å²) in [6.45, 7) is 8.41. The van der Waals surface area contributed by atoms with Crippen molar-refractivity contribution in [1.29, 1.82) is 0 Å². The molecule has 2 aromatic rings. The maximum absolute atomic E-state index is 13.1. The SMILES string of the molecule is CC[C@H](C)C(NC(=O)[C@@H](CC(C)=O)CC(C)C)C(=O)C(=O)NCC(=O)C[C@@H](Cc1ccc2ccccc2c1)C(N)=O. The molecule has 4 N–H and O–H groups in total. The van der Waals surface area contributed by atoms with Gasteiger partial charge in [-0.3, -0.25) is 24.0 Å². The monoisotopic (exact) mass is 565 g/mol. The number of benzene rings is 2. The molecule has 4 atom stereocenters. The van der Waals surface area contributed by atoms with E-state index in [1.54, 1.807) is 6.92 Å². The van der Waals surface area contributed by atoms with Crippen LogP contribution < -0.4 is 16.4 Å². The van der Waals surface area contributed by atoms with Crippen LogP contribution in [0.4, 0.5) is 0 Å². The van der Waals surface area contributed by atoms with Gasteiger partial charge >= 0.3 is 0 Å². The zero-order chi connectivity index (χ0) is 30.7. The van der Waals surface area contributed by atoms with Crippen LogP contribution in [0.2, 0.25) is 0 Å². The van der Waals surface area contributed by atoms with Crippen LogP contribution in [0.3, 0.4) is 0 Å². The van der Waals surface area contributed by atoms with Gasteiger partial charge < -0.3 is 21.2 Å². The molecule has 0 aliphatic rings. The molecule has 1 unspecified atom stereocenters. The summed E-state index contributed by atoms with van der Waals surface area (Å²) in [6, 6.07) is 12.5. The molecule has 0 aromatic heterocycles. The Hall–Kier alpha value is -3.88. The lowest BCUT2D eigenvalue weighted by atomic mass is 9.89. The fraction of sp³-hybridized carbons (Fsp3) is 0.500. The second-order valence-corrected chi connectivity index (χ2v) is 11.4. The molecule has 0 fully saturated rings. The van der Waals surface area contributed by atoms with Crippen molar-refractivity contribution in [3.63, 3.8) is 0 Å². The average Bonchev–Trinajstić information content (AvgIpc) is 2.92. The van der Waals surface area contributed by atoms with Gasteiger partial charge in [-0.1, -0.05) is 76.6 Å². The highest BCUT2D eigenvalue weighted by molar-refractivity contribution is 6.38. The van der Waals surface area contributed by atoms with Crippen molar-refractivity contribution in [2.75, 3.05) is 6.54 Å². The summed E-state index contributed by atoms with van der Waals surface area (Å²) in [5, 5.41) is 7.09. The van der Waals surface area contributed by atoms with Gasteiger partial charge in [-0.2, -0.15) is 0 Å². The minimum atomic E-state index is -1.10. The topological polar surface area (TPSA) is 152 Å². The zero-order valence-corrected chi connectivity index (χ0v) is 24.7. The van der Waals surface area contributed by atoms with Gasteiger partial charge in [0.1, 0.15) is 5.78 Å². The molecular formula is C32H43N3O6. The first-order valence-corrected chi connectivity index (χ1v) is 14.2. The average molecular weight is 566 g/mol. The van der Waals surface area contributed by atoms with E-state index in [1.807, 2.05) is 63.2 Å². The van der Waals surface area contributed by atoms with E-state index in [1.165, 1.54) is 6.92 Å². The molecular weight excluding hydrogens is 522 g/mol. The summed E-state index contributed by atoms with van der Waals surface area (Å²) in [4.78, 5) is 75.3. The van der Waals surface area contributed by atoms with Gasteiger partial charge in [0.15, 0.2) is 5.78 Å². The summed E-state index contributed by atoms with van der Waals surface area (Å²) in [6.07, 6.45) is 1.10. The smallest absolute Gasteiger partial charge is 0.289 e. The van der Waals surface area contributed by atoms with Crippen LogP contribution in [-0.4, -0.2) is 47.7 Å². The molecule has 2 aromatic carbocycles. The Labute approximate surface area is 242 Å². The van der Waals surface area contributed by atoms with Gasteiger partial charge in [-0.15, -0.1) is 0 Å². The van der Waals surface area contributed by atoms with E-state index in [0.717, 1.165) is 16.3 Å². The van der Waals surface area contributed by atoms with Crippen LogP contribution in [0.5, 0.6) is 0 Å². The number of primary amides is 1. The van der Waals surface area contributed by atoms with Gasteiger partial charge in [0, 0.05) is 24.7 Å². The molecule has 41 heavy (non-hydrogen) atoms. The molecule has 0 aliphatic carbocycles. The highest BCUT2D eigenvalue weighted by Gasteiger charge is 2.33. The molecule has 0 heterocycles. The summed E-state index contributed by atoms with van der Waals surface area (Å²) >= 11 is 0. The van der Waals surface area contributed by atoms with Crippen LogP contribution in [0, 0.1) is 23.7 Å². The van der Waals surface area contributed by atoms with Crippen molar-refractivity contribution in [2.24, 2.45) is 29.4 Å². The highest BCUT2D eigenvalue weighted by atomic mass is 16.2.